The van der Waals surface area contributed by atoms with Crippen molar-refractivity contribution in [2.24, 2.45) is 11.3 Å². The Bertz CT molecular complexity index is 483. The van der Waals surface area contributed by atoms with Crippen molar-refractivity contribution in [3.63, 3.8) is 0 Å². The van der Waals surface area contributed by atoms with Crippen LogP contribution in [0.25, 0.3) is 0 Å². The van der Waals surface area contributed by atoms with Gasteiger partial charge in [-0.25, -0.2) is 4.39 Å². The Morgan fingerprint density at radius 3 is 2.56 bits per heavy atom. The van der Waals surface area contributed by atoms with Gasteiger partial charge in [-0.1, -0.05) is 26.0 Å². The van der Waals surface area contributed by atoms with Gasteiger partial charge in [0.2, 0.25) is 11.8 Å². The second-order valence-electron chi connectivity index (χ2n) is 5.27. The molecule has 3 nitrogen and oxygen atoms in total. The highest BCUT2D eigenvalue weighted by atomic mass is 19.1. The van der Waals surface area contributed by atoms with E-state index in [1.807, 2.05) is 13.8 Å². The molecule has 18 heavy (non-hydrogen) atoms. The van der Waals surface area contributed by atoms with Crippen LogP contribution in [0.3, 0.4) is 0 Å². The maximum atomic E-state index is 12.8. The molecule has 1 heterocycles. The maximum absolute atomic E-state index is 12.8. The van der Waals surface area contributed by atoms with Crippen molar-refractivity contribution in [3.05, 3.63) is 35.6 Å². The Morgan fingerprint density at radius 1 is 1.33 bits per heavy atom. The van der Waals surface area contributed by atoms with Crippen molar-refractivity contribution < 1.29 is 14.0 Å². The van der Waals surface area contributed by atoms with Gasteiger partial charge in [0.15, 0.2) is 0 Å². The van der Waals surface area contributed by atoms with Gasteiger partial charge in [0.1, 0.15) is 5.82 Å². The summed E-state index contributed by atoms with van der Waals surface area (Å²) in [5, 5.41) is 2.34. The van der Waals surface area contributed by atoms with E-state index in [-0.39, 0.29) is 23.5 Å². The van der Waals surface area contributed by atoms with Crippen LogP contribution in [0.4, 0.5) is 4.39 Å². The summed E-state index contributed by atoms with van der Waals surface area (Å²) in [5.41, 5.74) is 0.533. The summed E-state index contributed by atoms with van der Waals surface area (Å²) < 4.78 is 12.8. The summed E-state index contributed by atoms with van der Waals surface area (Å²) in [6.45, 7) is 3.75. The minimum atomic E-state index is -0.406. The van der Waals surface area contributed by atoms with E-state index in [4.69, 9.17) is 0 Å². The molecule has 0 radical (unpaired) electrons. The predicted molar refractivity (Wildman–Crippen MR) is 65.1 cm³/mol. The second-order valence-corrected chi connectivity index (χ2v) is 5.27. The fourth-order valence-corrected chi connectivity index (χ4v) is 2.41. The first-order chi connectivity index (χ1) is 8.40. The molecule has 1 aliphatic rings. The van der Waals surface area contributed by atoms with Crippen molar-refractivity contribution in [1.29, 1.82) is 0 Å². The topological polar surface area (TPSA) is 46.2 Å². The number of carbonyl (C=O) groups excluding carboxylic acids is 2. The molecule has 96 valence electrons. The Labute approximate surface area is 105 Å². The van der Waals surface area contributed by atoms with Crippen LogP contribution in [0, 0.1) is 17.2 Å². The van der Waals surface area contributed by atoms with Crippen molar-refractivity contribution in [3.8, 4) is 0 Å². The van der Waals surface area contributed by atoms with E-state index in [9.17, 15) is 14.0 Å². The summed E-state index contributed by atoms with van der Waals surface area (Å²) in [6.07, 6.45) is 0.908. The first kappa shape index (κ1) is 12.7. The lowest BCUT2D eigenvalue weighted by molar-refractivity contribution is -0.142. The smallest absolute Gasteiger partial charge is 0.229 e. The zero-order valence-corrected chi connectivity index (χ0v) is 10.5. The lowest BCUT2D eigenvalue weighted by Gasteiger charge is -2.38. The van der Waals surface area contributed by atoms with Crippen LogP contribution in [-0.2, 0) is 16.0 Å². The van der Waals surface area contributed by atoms with Gasteiger partial charge in [-0.3, -0.25) is 14.9 Å². The van der Waals surface area contributed by atoms with Crippen molar-refractivity contribution in [2.45, 2.75) is 26.7 Å². The molecule has 1 aromatic carbocycles. The van der Waals surface area contributed by atoms with Crippen LogP contribution in [0.1, 0.15) is 25.8 Å². The Morgan fingerprint density at radius 2 is 1.94 bits per heavy atom. The lowest BCUT2D eigenvalue weighted by Crippen LogP contribution is -2.50. The number of hydrogen-bond acceptors (Lipinski definition) is 2. The van der Waals surface area contributed by atoms with Gasteiger partial charge in [-0.15, -0.1) is 0 Å². The molecule has 1 aromatic rings. The molecule has 2 unspecified atom stereocenters. The second kappa shape index (κ2) is 4.52. The van der Waals surface area contributed by atoms with E-state index >= 15 is 0 Å². The molecule has 4 heteroatoms. The highest BCUT2D eigenvalue weighted by molar-refractivity contribution is 5.99. The molecule has 2 rings (SSSR count). The summed E-state index contributed by atoms with van der Waals surface area (Å²) >= 11 is 0. The Kier molecular flexibility index (Phi) is 3.20. The fraction of sp³-hybridized carbons (Fsp3) is 0.429. The monoisotopic (exact) mass is 249 g/mol. The first-order valence-electron chi connectivity index (χ1n) is 5.99. The maximum Gasteiger partial charge on any atom is 0.229 e. The third kappa shape index (κ3) is 2.42. The van der Waals surface area contributed by atoms with E-state index in [1.54, 1.807) is 12.1 Å². The van der Waals surface area contributed by atoms with E-state index in [2.05, 4.69) is 5.32 Å². The number of benzene rings is 1. The van der Waals surface area contributed by atoms with Gasteiger partial charge in [-0.05, 0) is 29.5 Å². The summed E-state index contributed by atoms with van der Waals surface area (Å²) in [7, 11) is 0. The number of nitrogens with one attached hydrogen (secondary N) is 1. The summed E-state index contributed by atoms with van der Waals surface area (Å²) in [6, 6.07) is 6.19. The highest BCUT2D eigenvalue weighted by Crippen LogP contribution is 2.37. The van der Waals surface area contributed by atoms with Crippen molar-refractivity contribution in [2.75, 3.05) is 0 Å². The number of hydrogen-bond donors (Lipinski definition) is 1. The lowest BCUT2D eigenvalue weighted by atomic mass is 9.69. The largest absolute Gasteiger partial charge is 0.296 e. The Balaban J connectivity index is 2.22. The molecule has 2 amide bonds. The summed E-state index contributed by atoms with van der Waals surface area (Å²) in [5.74, 6) is -0.978. The minimum absolute atomic E-state index is 0.226. The number of imide groups is 1. The van der Waals surface area contributed by atoms with Gasteiger partial charge in [0.05, 0.1) is 0 Å². The van der Waals surface area contributed by atoms with Crippen LogP contribution in [-0.4, -0.2) is 11.8 Å². The molecule has 0 saturated carbocycles. The zero-order valence-electron chi connectivity index (χ0n) is 10.5. The van der Waals surface area contributed by atoms with Gasteiger partial charge in [-0.2, -0.15) is 0 Å². The van der Waals surface area contributed by atoms with Crippen LogP contribution >= 0.6 is 0 Å². The number of rotatable bonds is 2. The molecule has 1 fully saturated rings. The van der Waals surface area contributed by atoms with Crippen molar-refractivity contribution in [1.82, 2.24) is 5.32 Å². The molecule has 0 spiro atoms. The molecule has 1 saturated heterocycles. The Hall–Kier alpha value is -1.71. The van der Waals surface area contributed by atoms with E-state index in [0.29, 0.717) is 12.8 Å². The van der Waals surface area contributed by atoms with Gasteiger partial charge in [0.25, 0.3) is 0 Å². The average molecular weight is 249 g/mol. The van der Waals surface area contributed by atoms with Crippen molar-refractivity contribution >= 4 is 11.8 Å². The van der Waals surface area contributed by atoms with E-state index in [1.165, 1.54) is 12.1 Å². The van der Waals surface area contributed by atoms with Crippen LogP contribution < -0.4 is 5.32 Å². The van der Waals surface area contributed by atoms with Crippen LogP contribution in [0.2, 0.25) is 0 Å². The molecule has 0 bridgehead atoms. The number of halogens is 1. The van der Waals surface area contributed by atoms with Gasteiger partial charge >= 0.3 is 0 Å². The summed E-state index contributed by atoms with van der Waals surface area (Å²) in [4.78, 5) is 23.2. The van der Waals surface area contributed by atoms with Crippen LogP contribution in [0.15, 0.2) is 24.3 Å². The SMILES string of the molecule is CC1C(=O)NC(=O)CC1(C)Cc1ccc(F)cc1. The predicted octanol–water partition coefficient (Wildman–Crippen LogP) is 2.06. The van der Waals surface area contributed by atoms with Gasteiger partial charge in [0, 0.05) is 12.3 Å². The number of carbonyl (C=O) groups is 2. The van der Waals surface area contributed by atoms with E-state index in [0.717, 1.165) is 5.56 Å². The molecule has 1 aliphatic heterocycles. The quantitative estimate of drug-likeness (QED) is 0.815. The number of amides is 2. The molecular formula is C14H16FNO2. The minimum Gasteiger partial charge on any atom is -0.296 e. The third-order valence-corrected chi connectivity index (χ3v) is 3.79. The zero-order chi connectivity index (χ0) is 13.3. The third-order valence-electron chi connectivity index (χ3n) is 3.79. The molecular weight excluding hydrogens is 233 g/mol. The average Bonchev–Trinajstić information content (AvgIpc) is 2.29. The first-order valence-corrected chi connectivity index (χ1v) is 5.99. The highest BCUT2D eigenvalue weighted by Gasteiger charge is 2.42. The molecule has 2 atom stereocenters. The standard InChI is InChI=1S/C14H16FNO2/c1-9-13(18)16-12(17)8-14(9,2)7-10-3-5-11(15)6-4-10/h3-6,9H,7-8H2,1-2H3,(H,16,17,18). The normalized spacial score (nSPS) is 28.1. The van der Waals surface area contributed by atoms with Gasteiger partial charge < -0.3 is 0 Å². The molecule has 0 aliphatic carbocycles. The molecule has 1 N–H and O–H groups in total. The number of piperidine rings is 1. The fourth-order valence-electron chi connectivity index (χ4n) is 2.41. The van der Waals surface area contributed by atoms with Crippen LogP contribution in [0.5, 0.6) is 0 Å². The van der Waals surface area contributed by atoms with E-state index < -0.39 is 5.41 Å². The molecule has 0 aromatic heterocycles.